The molecule has 10 nitrogen and oxygen atoms in total. The van der Waals surface area contributed by atoms with Crippen molar-refractivity contribution in [1.29, 1.82) is 0 Å². The second-order valence-electron chi connectivity index (χ2n) is 17.2. The number of esters is 1. The van der Waals surface area contributed by atoms with Gasteiger partial charge in [-0.25, -0.2) is 58.8 Å². The van der Waals surface area contributed by atoms with Crippen LogP contribution in [0, 0.1) is 30.2 Å². The van der Waals surface area contributed by atoms with E-state index >= 15 is 0 Å². The number of nitrogens with one attached hydrogen (secondary N) is 1. The minimum absolute atomic E-state index is 0. The number of fused-ring (bicyclic) bond motifs is 2. The van der Waals surface area contributed by atoms with Gasteiger partial charge in [-0.2, -0.15) is 0 Å². The second kappa shape index (κ2) is 24.9. The summed E-state index contributed by atoms with van der Waals surface area (Å²) >= 11 is 0. The molecular weight excluding hydrogens is 965 g/mol. The first kappa shape index (κ1) is 59.4. The van der Waals surface area contributed by atoms with Gasteiger partial charge in [0.05, 0.1) is 40.1 Å². The fourth-order valence-corrected chi connectivity index (χ4v) is 9.87. The Bertz CT molecular complexity index is 2470. The number of allylic oxidation sites excluding steroid dienone is 1. The number of aliphatic hydroxyl groups excluding tert-OH is 1. The number of ether oxygens (including phenoxy) is 1. The number of rotatable bonds is 7. The molecule has 0 amide bonds. The predicted octanol–water partition coefficient (Wildman–Crippen LogP) is 5.25. The number of nitrogens with two attached hydrogens (primary N) is 1. The molecule has 352 valence electrons. The van der Waals surface area contributed by atoms with Crippen molar-refractivity contribution in [2.75, 3.05) is 25.2 Å². The summed E-state index contributed by atoms with van der Waals surface area (Å²) in [6.07, 6.45) is 0.962. The standard InChI is InChI=1S/C23H27F2NO4S.C13H19NO2S.C8H6F2O2.C3H5.BrH.Mg/c1-23(2,3)15-4-5-22-19(10-15)20(6-7-31(22,29)30)26-13-18(27)12-21(28)14-8-16(24)11-17(25)9-14;1-13(2,3)9-4-5-12-10(8-9)11(14)6-7-17(12,15)16;1-12-8(11)5-2-6(9)4-7(10)3-5;1-3-2;;/h4-5,8-11,18,20,26-27H,6-7,12-13H2,1-3H3;4-5,8,11H,6-7,14H2,1-3H3;2-4H,1H3;3H,1-2H2;1H;/q;;;-1;;+2/p-1. The third-order valence-corrected chi connectivity index (χ3v) is 13.7. The van der Waals surface area contributed by atoms with E-state index in [1.165, 1.54) is 6.08 Å². The SMILES string of the molecule is C=C[CH2-].CC(C)(C)c1ccc2c(c1)C(N)CCS2(=O)=O.CC(C)(C)c1ccc2c(c1)C(NCC(O)CC(=O)c1cc(F)cc(F)c1)CCS2(=O)=O.COC(=O)c1cc(F)cc(F)c1.[Br-].[Mg+2]. The number of methoxy groups -OCH3 is 1. The van der Waals surface area contributed by atoms with Crippen LogP contribution in [-0.4, -0.2) is 88.0 Å². The molecule has 2 heterocycles. The van der Waals surface area contributed by atoms with Crippen LogP contribution in [0.25, 0.3) is 0 Å². The number of ketones is 1. The van der Waals surface area contributed by atoms with Gasteiger partial charge in [-0.05, 0) is 82.3 Å². The van der Waals surface area contributed by atoms with Crippen LogP contribution in [0.15, 0.2) is 95.2 Å². The van der Waals surface area contributed by atoms with Crippen LogP contribution in [0.1, 0.15) is 116 Å². The van der Waals surface area contributed by atoms with Gasteiger partial charge in [0, 0.05) is 42.7 Å². The normalized spacial score (nSPS) is 17.1. The van der Waals surface area contributed by atoms with Gasteiger partial charge in [-0.15, -0.1) is 0 Å². The topological polar surface area (TPSA) is 170 Å². The molecule has 0 saturated heterocycles. The Morgan fingerprint density at radius 1 is 0.785 bits per heavy atom. The third-order valence-electron chi connectivity index (χ3n) is 10.1. The maximum Gasteiger partial charge on any atom is 2.00 e. The van der Waals surface area contributed by atoms with E-state index in [0.29, 0.717) is 35.4 Å². The molecule has 3 atom stereocenters. The number of halogens is 5. The molecule has 4 aromatic carbocycles. The van der Waals surface area contributed by atoms with Gasteiger partial charge >= 0.3 is 29.0 Å². The second-order valence-corrected chi connectivity index (χ2v) is 21.3. The molecule has 6 rings (SSSR count). The number of hydrogen-bond acceptors (Lipinski definition) is 10. The summed E-state index contributed by atoms with van der Waals surface area (Å²) in [6, 6.07) is 15.5. The molecule has 0 spiro atoms. The van der Waals surface area contributed by atoms with Crippen LogP contribution in [0.3, 0.4) is 0 Å². The molecular formula is C47H57BrF4MgN2O8S2. The van der Waals surface area contributed by atoms with E-state index in [0.717, 1.165) is 48.1 Å². The number of carbonyl (C=O) groups excluding carboxylic acids is 2. The van der Waals surface area contributed by atoms with Crippen LogP contribution >= 0.6 is 0 Å². The number of sulfone groups is 2. The minimum atomic E-state index is -3.37. The van der Waals surface area contributed by atoms with Crippen molar-refractivity contribution in [3.63, 3.8) is 0 Å². The zero-order valence-corrected chi connectivity index (χ0v) is 42.3. The number of carbonyl (C=O) groups is 2. The van der Waals surface area contributed by atoms with Crippen LogP contribution in [0.4, 0.5) is 17.6 Å². The summed E-state index contributed by atoms with van der Waals surface area (Å²) < 4.78 is 105. The average Bonchev–Trinajstić information content (AvgIpc) is 3.18. The summed E-state index contributed by atoms with van der Waals surface area (Å²) in [5, 5.41) is 13.5. The van der Waals surface area contributed by atoms with E-state index in [-0.39, 0.29) is 103 Å². The van der Waals surface area contributed by atoms with Gasteiger partial charge in [-0.1, -0.05) is 65.8 Å². The number of aliphatic hydroxyl groups is 1. The molecule has 3 unspecified atom stereocenters. The van der Waals surface area contributed by atoms with Crippen molar-refractivity contribution in [2.45, 2.75) is 99.6 Å². The van der Waals surface area contributed by atoms with Crippen LogP contribution in [0.5, 0.6) is 0 Å². The third kappa shape index (κ3) is 17.2. The molecule has 2 aliphatic heterocycles. The first-order chi connectivity index (χ1) is 29.1. The van der Waals surface area contributed by atoms with Crippen LogP contribution < -0.4 is 28.0 Å². The van der Waals surface area contributed by atoms with E-state index < -0.39 is 60.8 Å². The van der Waals surface area contributed by atoms with E-state index in [2.05, 4.69) is 44.3 Å². The number of Topliss-reactive ketones (excluding diaryl/α,β-unsaturated/α-hetero) is 1. The smallest absolute Gasteiger partial charge is 1.00 e. The first-order valence-corrected chi connectivity index (χ1v) is 23.3. The van der Waals surface area contributed by atoms with Crippen LogP contribution in [-0.2, 0) is 35.2 Å². The summed E-state index contributed by atoms with van der Waals surface area (Å²) in [5.74, 6) is -4.48. The Labute approximate surface area is 407 Å². The Morgan fingerprint density at radius 3 is 1.62 bits per heavy atom. The van der Waals surface area contributed by atoms with E-state index in [1.807, 2.05) is 45.0 Å². The fourth-order valence-electron chi connectivity index (χ4n) is 6.64. The Balaban J connectivity index is 0.000000521. The van der Waals surface area contributed by atoms with Crippen LogP contribution in [0.2, 0.25) is 0 Å². The Hall–Kier alpha value is -3.62. The molecule has 4 N–H and O–H groups in total. The summed E-state index contributed by atoms with van der Waals surface area (Å²) in [7, 11) is -5.34. The maximum absolute atomic E-state index is 13.3. The van der Waals surface area contributed by atoms with Crippen molar-refractivity contribution in [2.24, 2.45) is 5.73 Å². The maximum atomic E-state index is 13.3. The van der Waals surface area contributed by atoms with Gasteiger partial charge in [0.25, 0.3) is 0 Å². The van der Waals surface area contributed by atoms with Gasteiger partial charge in [0.1, 0.15) is 23.3 Å². The molecule has 0 bridgehead atoms. The quantitative estimate of drug-likeness (QED) is 0.0732. The molecule has 18 heteroatoms. The van der Waals surface area contributed by atoms with E-state index in [9.17, 15) is 49.1 Å². The average molecular weight is 1020 g/mol. The zero-order valence-electron chi connectivity index (χ0n) is 37.7. The van der Waals surface area contributed by atoms with Crippen molar-refractivity contribution < 1.29 is 70.8 Å². The van der Waals surface area contributed by atoms with Crippen molar-refractivity contribution in [3.8, 4) is 0 Å². The van der Waals surface area contributed by atoms with E-state index in [4.69, 9.17) is 5.73 Å². The Morgan fingerprint density at radius 2 is 1.18 bits per heavy atom. The van der Waals surface area contributed by atoms with Gasteiger partial charge in [0.2, 0.25) is 0 Å². The van der Waals surface area contributed by atoms with E-state index in [1.54, 1.807) is 12.1 Å². The van der Waals surface area contributed by atoms with Crippen molar-refractivity contribution in [3.05, 3.63) is 149 Å². The molecule has 0 aliphatic carbocycles. The van der Waals surface area contributed by atoms with Gasteiger partial charge < -0.3 is 37.9 Å². The number of benzene rings is 4. The minimum Gasteiger partial charge on any atom is -1.00 e. The molecule has 4 aromatic rings. The summed E-state index contributed by atoms with van der Waals surface area (Å²) in [5.41, 5.74) is 9.16. The molecule has 0 aromatic heterocycles. The van der Waals surface area contributed by atoms with Gasteiger partial charge in [-0.3, -0.25) is 4.79 Å². The van der Waals surface area contributed by atoms with Crippen molar-refractivity contribution >= 4 is 54.5 Å². The molecule has 2 aliphatic rings. The monoisotopic (exact) mass is 1020 g/mol. The molecule has 0 radical (unpaired) electrons. The number of hydrogen-bond donors (Lipinski definition) is 3. The largest absolute Gasteiger partial charge is 2.00 e. The summed E-state index contributed by atoms with van der Waals surface area (Å²) in [6.45, 7) is 19.0. The zero-order chi connectivity index (χ0) is 47.7. The summed E-state index contributed by atoms with van der Waals surface area (Å²) in [4.78, 5) is 23.7. The predicted molar refractivity (Wildman–Crippen MR) is 242 cm³/mol. The van der Waals surface area contributed by atoms with Crippen molar-refractivity contribution in [1.82, 2.24) is 5.32 Å². The first-order valence-electron chi connectivity index (χ1n) is 20.0. The molecule has 0 saturated carbocycles. The molecule has 65 heavy (non-hydrogen) atoms. The fraction of sp³-hybridized carbons (Fsp3) is 0.383. The Kier molecular flexibility index (Phi) is 22.8. The molecule has 0 fully saturated rings. The van der Waals surface area contributed by atoms with Gasteiger partial charge in [0.15, 0.2) is 25.5 Å².